The first-order chi connectivity index (χ1) is 5.89. The Labute approximate surface area is 71.2 Å². The third kappa shape index (κ3) is 3.41. The Kier molecular flexibility index (Phi) is 3.44. The van der Waals surface area contributed by atoms with Crippen molar-refractivity contribution in [2.45, 2.75) is 0 Å². The molecule has 0 saturated carbocycles. The van der Waals surface area contributed by atoms with Gasteiger partial charge in [-0.05, 0) is 6.07 Å². The number of nitrogens with one attached hydrogen (secondary N) is 1. The molecule has 0 aliphatic carbocycles. The number of nitrogen functional groups attached to an aromatic ring is 1. The van der Waals surface area contributed by atoms with E-state index < -0.39 is 0 Å². The molecule has 2 rings (SSSR count). The van der Waals surface area contributed by atoms with Gasteiger partial charge in [0.15, 0.2) is 0 Å². The standard InChI is InChI=1S/C6H6.C3H5N3/c1-2-4-6-5-3-1;4-3-1-2-5-6-3/h1-6H;1-2H,(H3,4,5,6). The number of benzene rings is 1. The second-order valence-electron chi connectivity index (χ2n) is 2.17. The van der Waals surface area contributed by atoms with Crippen LogP contribution in [0, 0.1) is 0 Å². The maximum absolute atomic E-state index is 5.16. The van der Waals surface area contributed by atoms with Crippen LogP contribution in [0.4, 0.5) is 5.82 Å². The summed E-state index contributed by atoms with van der Waals surface area (Å²) in [5.41, 5.74) is 5.16. The zero-order valence-corrected chi connectivity index (χ0v) is 6.64. The van der Waals surface area contributed by atoms with Gasteiger partial charge in [0.2, 0.25) is 0 Å². The molecule has 0 fully saturated rings. The smallest absolute Gasteiger partial charge is 0.118 e. The van der Waals surface area contributed by atoms with Crippen LogP contribution in [0.25, 0.3) is 0 Å². The Morgan fingerprint density at radius 2 is 1.50 bits per heavy atom. The van der Waals surface area contributed by atoms with Gasteiger partial charge in [-0.1, -0.05) is 36.4 Å². The number of rotatable bonds is 0. The van der Waals surface area contributed by atoms with E-state index in [1.54, 1.807) is 12.3 Å². The van der Waals surface area contributed by atoms with E-state index in [1.165, 1.54) is 0 Å². The highest BCUT2D eigenvalue weighted by atomic mass is 15.1. The Balaban J connectivity index is 0.000000120. The molecule has 0 spiro atoms. The average molecular weight is 161 g/mol. The summed E-state index contributed by atoms with van der Waals surface area (Å²) in [5.74, 6) is 0.606. The van der Waals surface area contributed by atoms with Crippen LogP contribution in [-0.4, -0.2) is 10.2 Å². The normalized spacial score (nSPS) is 8.33. The summed E-state index contributed by atoms with van der Waals surface area (Å²) < 4.78 is 0. The molecule has 1 heterocycles. The molecule has 0 atom stereocenters. The molecule has 0 saturated heterocycles. The molecule has 2 aromatic rings. The largest absolute Gasteiger partial charge is 0.384 e. The molecule has 0 unspecified atom stereocenters. The molecule has 3 N–H and O–H groups in total. The molecule has 0 aliphatic rings. The fourth-order valence-corrected chi connectivity index (χ4v) is 0.652. The number of aromatic nitrogens is 2. The number of hydrogen-bond acceptors (Lipinski definition) is 2. The lowest BCUT2D eigenvalue weighted by molar-refractivity contribution is 1.10. The van der Waals surface area contributed by atoms with Crippen LogP contribution in [0.5, 0.6) is 0 Å². The minimum Gasteiger partial charge on any atom is -0.384 e. The minimum absolute atomic E-state index is 0.606. The van der Waals surface area contributed by atoms with Crippen LogP contribution in [0.2, 0.25) is 0 Å². The number of hydrogen-bond donors (Lipinski definition) is 2. The maximum atomic E-state index is 5.16. The van der Waals surface area contributed by atoms with Gasteiger partial charge in [0.05, 0.1) is 6.20 Å². The van der Waals surface area contributed by atoms with Gasteiger partial charge in [-0.25, -0.2) is 0 Å². The van der Waals surface area contributed by atoms with E-state index >= 15 is 0 Å². The fraction of sp³-hybridized carbons (Fsp3) is 0. The van der Waals surface area contributed by atoms with E-state index in [0.29, 0.717) is 5.82 Å². The van der Waals surface area contributed by atoms with Crippen molar-refractivity contribution in [3.8, 4) is 0 Å². The quantitative estimate of drug-likeness (QED) is 0.617. The van der Waals surface area contributed by atoms with Crippen LogP contribution in [0.15, 0.2) is 48.7 Å². The van der Waals surface area contributed by atoms with Crippen LogP contribution < -0.4 is 5.73 Å². The van der Waals surface area contributed by atoms with Crippen LogP contribution in [-0.2, 0) is 0 Å². The van der Waals surface area contributed by atoms with Crippen molar-refractivity contribution in [1.29, 1.82) is 0 Å². The van der Waals surface area contributed by atoms with Gasteiger partial charge in [0.25, 0.3) is 0 Å². The number of aromatic amines is 1. The Bertz CT molecular complexity index is 249. The molecule has 1 aromatic heterocycles. The Morgan fingerprint density at radius 3 is 1.67 bits per heavy atom. The molecule has 3 heteroatoms. The van der Waals surface area contributed by atoms with Crippen molar-refractivity contribution in [3.63, 3.8) is 0 Å². The molecule has 1 aromatic carbocycles. The van der Waals surface area contributed by atoms with Gasteiger partial charge >= 0.3 is 0 Å². The first kappa shape index (κ1) is 8.33. The van der Waals surface area contributed by atoms with E-state index in [-0.39, 0.29) is 0 Å². The van der Waals surface area contributed by atoms with Gasteiger partial charge < -0.3 is 5.73 Å². The molecule has 0 bridgehead atoms. The van der Waals surface area contributed by atoms with E-state index in [9.17, 15) is 0 Å². The molecule has 62 valence electrons. The molecule has 0 amide bonds. The van der Waals surface area contributed by atoms with Gasteiger partial charge in [0.1, 0.15) is 5.82 Å². The summed E-state index contributed by atoms with van der Waals surface area (Å²) in [6.45, 7) is 0. The topological polar surface area (TPSA) is 54.7 Å². The van der Waals surface area contributed by atoms with Gasteiger partial charge in [0, 0.05) is 0 Å². The second kappa shape index (κ2) is 4.96. The van der Waals surface area contributed by atoms with Crippen molar-refractivity contribution in [2.75, 3.05) is 5.73 Å². The first-order valence-corrected chi connectivity index (χ1v) is 3.64. The first-order valence-electron chi connectivity index (χ1n) is 3.64. The lowest BCUT2D eigenvalue weighted by atomic mass is 10.4. The predicted octanol–water partition coefficient (Wildman–Crippen LogP) is 1.68. The van der Waals surface area contributed by atoms with Crippen molar-refractivity contribution >= 4 is 5.82 Å². The predicted molar refractivity (Wildman–Crippen MR) is 49.4 cm³/mol. The molecular weight excluding hydrogens is 150 g/mol. The highest BCUT2D eigenvalue weighted by Gasteiger charge is 1.74. The Hall–Kier alpha value is -1.77. The third-order valence-corrected chi connectivity index (χ3v) is 1.19. The van der Waals surface area contributed by atoms with E-state index in [4.69, 9.17) is 5.73 Å². The van der Waals surface area contributed by atoms with Gasteiger partial charge in [-0.2, -0.15) is 5.10 Å². The fourth-order valence-electron chi connectivity index (χ4n) is 0.652. The number of nitrogens with two attached hydrogens (primary N) is 1. The number of H-pyrrole nitrogens is 1. The van der Waals surface area contributed by atoms with E-state index in [0.717, 1.165) is 0 Å². The SMILES string of the molecule is Nc1ccn[nH]1.c1ccccc1. The summed E-state index contributed by atoms with van der Waals surface area (Å²) in [6.07, 6.45) is 1.61. The van der Waals surface area contributed by atoms with E-state index in [1.807, 2.05) is 36.4 Å². The van der Waals surface area contributed by atoms with Crippen LogP contribution >= 0.6 is 0 Å². The maximum Gasteiger partial charge on any atom is 0.118 e. The highest BCUT2D eigenvalue weighted by molar-refractivity contribution is 5.22. The molecule has 12 heavy (non-hydrogen) atoms. The zero-order chi connectivity index (χ0) is 8.65. The average Bonchev–Trinajstić information content (AvgIpc) is 2.60. The van der Waals surface area contributed by atoms with Gasteiger partial charge in [-0.3, -0.25) is 5.10 Å². The summed E-state index contributed by atoms with van der Waals surface area (Å²) in [7, 11) is 0. The van der Waals surface area contributed by atoms with Crippen molar-refractivity contribution in [2.24, 2.45) is 0 Å². The lowest BCUT2D eigenvalue weighted by Gasteiger charge is -1.70. The number of anilines is 1. The van der Waals surface area contributed by atoms with Crippen molar-refractivity contribution < 1.29 is 0 Å². The number of nitrogens with zero attached hydrogens (tertiary/aromatic N) is 1. The summed E-state index contributed by atoms with van der Waals surface area (Å²) in [6, 6.07) is 13.7. The van der Waals surface area contributed by atoms with Crippen LogP contribution in [0.3, 0.4) is 0 Å². The minimum atomic E-state index is 0.606. The van der Waals surface area contributed by atoms with Gasteiger partial charge in [-0.15, -0.1) is 0 Å². The molecule has 0 aliphatic heterocycles. The molecule has 0 radical (unpaired) electrons. The molecule has 3 nitrogen and oxygen atoms in total. The lowest BCUT2D eigenvalue weighted by Crippen LogP contribution is -1.81. The zero-order valence-electron chi connectivity index (χ0n) is 6.64. The van der Waals surface area contributed by atoms with Crippen molar-refractivity contribution in [3.05, 3.63) is 48.7 Å². The highest BCUT2D eigenvalue weighted by Crippen LogP contribution is 1.86. The third-order valence-electron chi connectivity index (χ3n) is 1.19. The van der Waals surface area contributed by atoms with E-state index in [2.05, 4.69) is 10.2 Å². The monoisotopic (exact) mass is 161 g/mol. The molecular formula is C9H11N3. The Morgan fingerprint density at radius 1 is 1.00 bits per heavy atom. The van der Waals surface area contributed by atoms with Crippen molar-refractivity contribution in [1.82, 2.24) is 10.2 Å². The summed E-state index contributed by atoms with van der Waals surface area (Å²) in [4.78, 5) is 0. The summed E-state index contributed by atoms with van der Waals surface area (Å²) in [5, 5.41) is 6.10. The summed E-state index contributed by atoms with van der Waals surface area (Å²) >= 11 is 0. The second-order valence-corrected chi connectivity index (χ2v) is 2.17. The van der Waals surface area contributed by atoms with Crippen LogP contribution in [0.1, 0.15) is 0 Å².